The van der Waals surface area contributed by atoms with Gasteiger partial charge in [-0.3, -0.25) is 14.2 Å². The van der Waals surface area contributed by atoms with Gasteiger partial charge in [0.25, 0.3) is 5.56 Å². The van der Waals surface area contributed by atoms with E-state index in [2.05, 4.69) is 4.98 Å². The average Bonchev–Trinajstić information content (AvgIpc) is 3.47. The molecule has 0 aliphatic carbocycles. The van der Waals surface area contributed by atoms with Gasteiger partial charge in [-0.25, -0.2) is 14.2 Å². The first kappa shape index (κ1) is 31.5. The van der Waals surface area contributed by atoms with Crippen molar-refractivity contribution in [1.29, 1.82) is 0 Å². The number of carbonyl (C=O) groups is 2. The molecule has 2 amide bonds. The maximum Gasteiger partial charge on any atom is 0.410 e. The lowest BCUT2D eigenvalue weighted by Crippen LogP contribution is -2.53. The second-order valence-electron chi connectivity index (χ2n) is 13.5. The zero-order valence-corrected chi connectivity index (χ0v) is 26.4. The van der Waals surface area contributed by atoms with Crippen LogP contribution >= 0.6 is 0 Å². The molecular formula is C35H40FN5O5. The van der Waals surface area contributed by atoms with E-state index in [1.807, 2.05) is 56.0 Å². The van der Waals surface area contributed by atoms with Crippen molar-refractivity contribution in [1.82, 2.24) is 23.9 Å². The highest BCUT2D eigenvalue weighted by atomic mass is 19.1. The van der Waals surface area contributed by atoms with Crippen LogP contribution in [0.3, 0.4) is 0 Å². The summed E-state index contributed by atoms with van der Waals surface area (Å²) in [5, 5.41) is 11.9. The molecule has 4 heterocycles. The van der Waals surface area contributed by atoms with Crippen molar-refractivity contribution in [3.8, 4) is 5.69 Å². The normalized spacial score (nSPS) is 20.1. The quantitative estimate of drug-likeness (QED) is 0.342. The highest BCUT2D eigenvalue weighted by Crippen LogP contribution is 2.36. The van der Waals surface area contributed by atoms with Crippen molar-refractivity contribution in [3.05, 3.63) is 94.9 Å². The van der Waals surface area contributed by atoms with Crippen LogP contribution in [0.15, 0.2) is 78.0 Å². The molecule has 6 rings (SSSR count). The van der Waals surface area contributed by atoms with Crippen LogP contribution in [0.5, 0.6) is 0 Å². The van der Waals surface area contributed by atoms with Crippen LogP contribution < -0.4 is 5.56 Å². The number of fused-ring (bicyclic) bond motifs is 1. The van der Waals surface area contributed by atoms with Crippen LogP contribution in [0.4, 0.5) is 9.18 Å². The monoisotopic (exact) mass is 629 g/mol. The van der Waals surface area contributed by atoms with E-state index in [0.717, 1.165) is 5.56 Å². The number of piperidine rings is 2. The van der Waals surface area contributed by atoms with Gasteiger partial charge in [-0.15, -0.1) is 0 Å². The molecule has 10 nitrogen and oxygen atoms in total. The van der Waals surface area contributed by atoms with Crippen LogP contribution in [0, 0.1) is 11.7 Å². The Labute approximate surface area is 267 Å². The molecule has 0 spiro atoms. The van der Waals surface area contributed by atoms with Gasteiger partial charge in [0.1, 0.15) is 17.7 Å². The number of halogens is 1. The number of ether oxygens (including phenoxy) is 1. The molecule has 0 bridgehead atoms. The summed E-state index contributed by atoms with van der Waals surface area (Å²) in [6.45, 7) is 7.06. The van der Waals surface area contributed by atoms with E-state index in [1.54, 1.807) is 33.9 Å². The Balaban J connectivity index is 1.14. The molecule has 46 heavy (non-hydrogen) atoms. The number of nitrogens with zero attached hydrogens (tertiary/aromatic N) is 5. The number of aromatic nitrogens is 3. The SMILES string of the molecule is CC(C)(C)OC(=O)N1CC[C@@H](C(=O)N2CCC(O)(Cn3cnc4c(ccn4-c4cccc(F)c4)c3=O)CC2)[C@H](c2ccccc2)C1. The maximum atomic E-state index is 14.0. The number of hydrogen-bond donors (Lipinski definition) is 1. The van der Waals surface area contributed by atoms with Gasteiger partial charge in [0.05, 0.1) is 17.5 Å². The van der Waals surface area contributed by atoms with Gasteiger partial charge < -0.3 is 24.2 Å². The fourth-order valence-electron chi connectivity index (χ4n) is 6.63. The lowest BCUT2D eigenvalue weighted by atomic mass is 9.79. The van der Waals surface area contributed by atoms with Gasteiger partial charge in [0.15, 0.2) is 5.65 Å². The Kier molecular flexibility index (Phi) is 8.45. The summed E-state index contributed by atoms with van der Waals surface area (Å²) in [6, 6.07) is 17.5. The van der Waals surface area contributed by atoms with Gasteiger partial charge in [0, 0.05) is 49.9 Å². The largest absolute Gasteiger partial charge is 0.444 e. The number of benzene rings is 2. The van der Waals surface area contributed by atoms with E-state index in [9.17, 15) is 23.9 Å². The van der Waals surface area contributed by atoms with Crippen molar-refractivity contribution in [3.63, 3.8) is 0 Å². The highest BCUT2D eigenvalue weighted by Gasteiger charge is 2.42. The third kappa shape index (κ3) is 6.55. The van der Waals surface area contributed by atoms with E-state index in [4.69, 9.17) is 4.74 Å². The van der Waals surface area contributed by atoms with Crippen LogP contribution in [0.1, 0.15) is 51.5 Å². The number of amides is 2. The lowest BCUT2D eigenvalue weighted by molar-refractivity contribution is -0.142. The molecule has 2 saturated heterocycles. The van der Waals surface area contributed by atoms with Gasteiger partial charge in [-0.05, 0) is 69.9 Å². The number of carbonyl (C=O) groups excluding carboxylic acids is 2. The van der Waals surface area contributed by atoms with E-state index in [1.165, 1.54) is 23.0 Å². The lowest BCUT2D eigenvalue weighted by Gasteiger charge is -2.43. The number of hydrogen-bond acceptors (Lipinski definition) is 6. The third-order valence-corrected chi connectivity index (χ3v) is 9.04. The summed E-state index contributed by atoms with van der Waals surface area (Å²) in [7, 11) is 0. The zero-order chi connectivity index (χ0) is 32.6. The highest BCUT2D eigenvalue weighted by molar-refractivity contribution is 5.81. The van der Waals surface area contributed by atoms with Crippen LogP contribution in [-0.2, 0) is 16.1 Å². The molecule has 2 aromatic carbocycles. The van der Waals surface area contributed by atoms with Crippen molar-refractivity contribution in [2.45, 2.75) is 63.7 Å². The Morgan fingerprint density at radius 1 is 1.02 bits per heavy atom. The topological polar surface area (TPSA) is 110 Å². The molecule has 0 radical (unpaired) electrons. The Bertz CT molecular complexity index is 1790. The predicted octanol–water partition coefficient (Wildman–Crippen LogP) is 4.72. The fraction of sp³-hybridized carbons (Fsp3) is 0.429. The summed E-state index contributed by atoms with van der Waals surface area (Å²) in [4.78, 5) is 48.2. The van der Waals surface area contributed by atoms with E-state index in [0.29, 0.717) is 62.2 Å². The summed E-state index contributed by atoms with van der Waals surface area (Å²) in [5.41, 5.74) is -0.145. The first-order valence-electron chi connectivity index (χ1n) is 15.8. The molecule has 11 heteroatoms. The summed E-state index contributed by atoms with van der Waals surface area (Å²) in [5.74, 6) is -0.879. The molecule has 4 aromatic rings. The number of likely N-dealkylation sites (tertiary alicyclic amines) is 2. The molecular weight excluding hydrogens is 589 g/mol. The minimum Gasteiger partial charge on any atom is -0.444 e. The Morgan fingerprint density at radius 3 is 2.46 bits per heavy atom. The van der Waals surface area contributed by atoms with Gasteiger partial charge in [-0.1, -0.05) is 36.4 Å². The molecule has 2 atom stereocenters. The molecule has 0 saturated carbocycles. The van der Waals surface area contributed by atoms with Crippen LogP contribution in [0.2, 0.25) is 0 Å². The van der Waals surface area contributed by atoms with Gasteiger partial charge in [-0.2, -0.15) is 0 Å². The van der Waals surface area contributed by atoms with Crippen molar-refractivity contribution in [2.75, 3.05) is 26.2 Å². The summed E-state index contributed by atoms with van der Waals surface area (Å²) >= 11 is 0. The van der Waals surface area contributed by atoms with E-state index in [-0.39, 0.29) is 41.8 Å². The first-order chi connectivity index (χ1) is 21.9. The number of rotatable bonds is 5. The molecule has 0 unspecified atom stereocenters. The second-order valence-corrected chi connectivity index (χ2v) is 13.5. The smallest absolute Gasteiger partial charge is 0.410 e. The fourth-order valence-corrected chi connectivity index (χ4v) is 6.63. The third-order valence-electron chi connectivity index (χ3n) is 9.04. The zero-order valence-electron chi connectivity index (χ0n) is 26.4. The van der Waals surface area contributed by atoms with E-state index < -0.39 is 11.2 Å². The maximum absolute atomic E-state index is 14.0. The summed E-state index contributed by atoms with van der Waals surface area (Å²) < 4.78 is 22.5. The minimum atomic E-state index is -1.19. The Hall–Kier alpha value is -4.51. The first-order valence-corrected chi connectivity index (χ1v) is 15.8. The average molecular weight is 630 g/mol. The Morgan fingerprint density at radius 2 is 1.76 bits per heavy atom. The van der Waals surface area contributed by atoms with Gasteiger partial charge in [0.2, 0.25) is 5.91 Å². The van der Waals surface area contributed by atoms with E-state index >= 15 is 0 Å². The summed E-state index contributed by atoms with van der Waals surface area (Å²) in [6.07, 6.45) is 3.84. The second kappa shape index (κ2) is 12.4. The standard InChI is InChI=1S/C35H40FN5O5/c1-34(2,3)46-33(44)39-16-12-27(29(21-39)24-8-5-4-6-9-24)31(42)38-18-14-35(45,15-19-38)22-40-23-37-30-28(32(40)43)13-17-41(30)26-11-7-10-25(36)20-26/h4-11,13,17,20,23,27,29,45H,12,14-16,18-19,21-22H2,1-3H3/t27-,29+/m1/s1. The van der Waals surface area contributed by atoms with Crippen molar-refractivity contribution in [2.24, 2.45) is 5.92 Å². The van der Waals surface area contributed by atoms with Gasteiger partial charge >= 0.3 is 6.09 Å². The molecule has 2 aromatic heterocycles. The van der Waals surface area contributed by atoms with Crippen molar-refractivity contribution >= 4 is 23.0 Å². The molecule has 2 fully saturated rings. The molecule has 2 aliphatic heterocycles. The van der Waals surface area contributed by atoms with Crippen LogP contribution in [-0.4, -0.2) is 78.4 Å². The predicted molar refractivity (Wildman–Crippen MR) is 171 cm³/mol. The molecule has 242 valence electrons. The minimum absolute atomic E-state index is 0.0127. The van der Waals surface area contributed by atoms with Crippen molar-refractivity contribution < 1.29 is 23.8 Å². The molecule has 2 aliphatic rings. The van der Waals surface area contributed by atoms with Crippen LogP contribution in [0.25, 0.3) is 16.7 Å². The molecule has 1 N–H and O–H groups in total. The number of aliphatic hydroxyl groups is 1.